The lowest BCUT2D eigenvalue weighted by Crippen LogP contribution is -2.56. The Morgan fingerprint density at radius 2 is 1.15 bits per heavy atom. The predicted octanol–water partition coefficient (Wildman–Crippen LogP) is 6.29. The maximum atomic E-state index is 14.2. The van der Waals surface area contributed by atoms with Crippen LogP contribution in [0.5, 0.6) is 5.75 Å². The molecule has 0 heterocycles. The Bertz CT molecular complexity index is 1980. The van der Waals surface area contributed by atoms with Gasteiger partial charge >= 0.3 is 18.3 Å². The van der Waals surface area contributed by atoms with Gasteiger partial charge in [-0.25, -0.2) is 14.4 Å². The van der Waals surface area contributed by atoms with Crippen molar-refractivity contribution in [2.24, 2.45) is 0 Å². The summed E-state index contributed by atoms with van der Waals surface area (Å²) < 4.78 is 16.3. The van der Waals surface area contributed by atoms with E-state index in [1.54, 1.807) is 46.8 Å². The smallest absolute Gasteiger partial charge is 0.408 e. The summed E-state index contributed by atoms with van der Waals surface area (Å²) in [5.41, 5.74) is 3.82. The highest BCUT2D eigenvalue weighted by atomic mass is 16.6. The number of phenolic OH excluding ortho intramolecular Hbond substituents is 1. The Balaban J connectivity index is 1.50. The number of aromatic hydroxyl groups is 1. The van der Waals surface area contributed by atoms with Crippen molar-refractivity contribution in [2.45, 2.75) is 97.2 Å². The highest BCUT2D eigenvalue weighted by Crippen LogP contribution is 2.22. The number of ether oxygens (including phenoxy) is 3. The number of aryl methyl sites for hydroxylation is 2. The summed E-state index contributed by atoms with van der Waals surface area (Å²) in [4.78, 5) is 66.6. The highest BCUT2D eigenvalue weighted by Gasteiger charge is 2.30. The number of nitrogens with one attached hydrogen (secondary N) is 5. The van der Waals surface area contributed by atoms with Crippen molar-refractivity contribution in [3.8, 4) is 5.75 Å². The summed E-state index contributed by atoms with van der Waals surface area (Å²) in [5, 5.41) is 24.1. The van der Waals surface area contributed by atoms with Crippen molar-refractivity contribution < 1.29 is 43.3 Å². The van der Waals surface area contributed by atoms with E-state index in [4.69, 9.17) is 14.2 Å². The molecule has 4 aromatic rings. The number of alkyl carbamates (subject to hydrolysis) is 3. The van der Waals surface area contributed by atoms with Gasteiger partial charge in [0.05, 0.1) is 6.04 Å². The maximum Gasteiger partial charge on any atom is 0.408 e. The summed E-state index contributed by atoms with van der Waals surface area (Å²) in [6, 6.07) is 28.1. The van der Waals surface area contributed by atoms with Gasteiger partial charge in [0.1, 0.15) is 36.6 Å². The second-order valence-electron chi connectivity index (χ2n) is 15.5. The van der Waals surface area contributed by atoms with E-state index in [9.17, 15) is 29.1 Å². The zero-order chi connectivity index (χ0) is 43.5. The van der Waals surface area contributed by atoms with Crippen LogP contribution in [-0.2, 0) is 49.9 Å². The molecule has 5 amide bonds. The third kappa shape index (κ3) is 16.7. The maximum absolute atomic E-state index is 14.2. The molecule has 6 N–H and O–H groups in total. The van der Waals surface area contributed by atoms with Crippen LogP contribution in [0, 0.1) is 13.8 Å². The van der Waals surface area contributed by atoms with E-state index in [2.05, 4.69) is 26.6 Å². The van der Waals surface area contributed by atoms with Crippen molar-refractivity contribution in [1.82, 2.24) is 26.6 Å². The molecule has 14 heteroatoms. The van der Waals surface area contributed by atoms with Crippen LogP contribution in [0.1, 0.15) is 67.0 Å². The third-order valence-corrected chi connectivity index (χ3v) is 9.26. The second kappa shape index (κ2) is 23.1. The molecule has 0 saturated heterocycles. The number of phenols is 1. The topological polar surface area (TPSA) is 193 Å². The molecule has 3 atom stereocenters. The van der Waals surface area contributed by atoms with E-state index in [-0.39, 0.29) is 51.3 Å². The molecule has 3 unspecified atom stereocenters. The minimum atomic E-state index is -1.19. The monoisotopic (exact) mass is 823 g/mol. The van der Waals surface area contributed by atoms with Crippen LogP contribution in [-0.4, -0.2) is 72.0 Å². The lowest BCUT2D eigenvalue weighted by atomic mass is 9.95. The molecule has 0 aliphatic heterocycles. The summed E-state index contributed by atoms with van der Waals surface area (Å²) >= 11 is 0. The molecule has 60 heavy (non-hydrogen) atoms. The Morgan fingerprint density at radius 3 is 1.70 bits per heavy atom. The number of hydrogen-bond donors (Lipinski definition) is 6. The van der Waals surface area contributed by atoms with Gasteiger partial charge in [-0.05, 0) is 99.4 Å². The SMILES string of the molecule is Cc1cc(O)cc(C)c1CC(NC(=O)OC(C)(C)C)C(=O)NC(CCCNC(=O)OCc1ccccc1)C(=O)NCC(Cc1ccccc1)NC(=O)OCc1ccccc1. The van der Waals surface area contributed by atoms with Crippen LogP contribution < -0.4 is 26.6 Å². The molecular formula is C46H57N5O9. The lowest BCUT2D eigenvalue weighted by molar-refractivity contribution is -0.130. The number of benzene rings is 4. The summed E-state index contributed by atoms with van der Waals surface area (Å²) in [6.45, 7) is 8.92. The number of amides is 5. The molecule has 320 valence electrons. The summed E-state index contributed by atoms with van der Waals surface area (Å²) in [7, 11) is 0. The first kappa shape index (κ1) is 46.1. The Hall–Kier alpha value is -6.57. The lowest BCUT2D eigenvalue weighted by Gasteiger charge is -2.27. The van der Waals surface area contributed by atoms with E-state index in [1.165, 1.54) is 0 Å². The first-order chi connectivity index (χ1) is 28.6. The Labute approximate surface area is 351 Å². The van der Waals surface area contributed by atoms with Gasteiger partial charge in [-0.2, -0.15) is 0 Å². The quantitative estimate of drug-likeness (QED) is 0.0466. The van der Waals surface area contributed by atoms with Gasteiger partial charge in [-0.3, -0.25) is 9.59 Å². The molecule has 0 saturated carbocycles. The third-order valence-electron chi connectivity index (χ3n) is 9.26. The molecule has 0 fully saturated rings. The van der Waals surface area contributed by atoms with E-state index in [0.29, 0.717) is 17.5 Å². The fourth-order valence-electron chi connectivity index (χ4n) is 6.32. The fraction of sp³-hybridized carbons (Fsp3) is 0.370. The first-order valence-electron chi connectivity index (χ1n) is 20.0. The van der Waals surface area contributed by atoms with Gasteiger partial charge in [0.25, 0.3) is 0 Å². The van der Waals surface area contributed by atoms with Crippen molar-refractivity contribution in [2.75, 3.05) is 13.1 Å². The van der Waals surface area contributed by atoms with Gasteiger partial charge in [0.2, 0.25) is 11.8 Å². The molecule has 0 aliphatic carbocycles. The van der Waals surface area contributed by atoms with Crippen molar-refractivity contribution in [3.05, 3.63) is 137 Å². The van der Waals surface area contributed by atoms with E-state index >= 15 is 0 Å². The van der Waals surface area contributed by atoms with Gasteiger partial charge in [0.15, 0.2) is 0 Å². The largest absolute Gasteiger partial charge is 0.508 e. The molecule has 0 aromatic heterocycles. The normalized spacial score (nSPS) is 12.5. The molecule has 4 aromatic carbocycles. The Morgan fingerprint density at radius 1 is 0.617 bits per heavy atom. The van der Waals surface area contributed by atoms with Crippen LogP contribution in [0.4, 0.5) is 14.4 Å². The van der Waals surface area contributed by atoms with Gasteiger partial charge < -0.3 is 45.9 Å². The van der Waals surface area contributed by atoms with Gasteiger partial charge in [0, 0.05) is 19.5 Å². The zero-order valence-corrected chi connectivity index (χ0v) is 34.9. The standard InChI is InChI=1S/C46H57N5O9/c1-31-24-37(52)25-32(2)38(31)27-40(51-45(57)60-46(3,4)5)42(54)50-39(22-15-23-47-43(55)58-29-34-18-11-7-12-19-34)41(53)48-28-36(26-33-16-9-6-10-17-33)49-44(56)59-30-35-20-13-8-14-21-35/h6-14,16-21,24-25,36,39-40,52H,15,22-23,26-30H2,1-5H3,(H,47,55)(H,48,53)(H,49,56)(H,50,54)(H,51,57). The molecule has 4 rings (SSSR count). The number of carbonyl (C=O) groups excluding carboxylic acids is 5. The molecule has 0 aliphatic rings. The zero-order valence-electron chi connectivity index (χ0n) is 34.9. The van der Waals surface area contributed by atoms with E-state index in [1.807, 2.05) is 91.0 Å². The number of hydrogen-bond acceptors (Lipinski definition) is 9. The highest BCUT2D eigenvalue weighted by molar-refractivity contribution is 5.91. The number of carbonyl (C=O) groups is 5. The fourth-order valence-corrected chi connectivity index (χ4v) is 6.32. The molecular weight excluding hydrogens is 767 g/mol. The van der Waals surface area contributed by atoms with Crippen molar-refractivity contribution in [3.63, 3.8) is 0 Å². The van der Waals surface area contributed by atoms with Crippen LogP contribution in [0.25, 0.3) is 0 Å². The number of rotatable bonds is 19. The second-order valence-corrected chi connectivity index (χ2v) is 15.5. The first-order valence-corrected chi connectivity index (χ1v) is 20.0. The van der Waals surface area contributed by atoms with Crippen molar-refractivity contribution >= 4 is 30.1 Å². The Kier molecular flexibility index (Phi) is 17.8. The molecule has 0 radical (unpaired) electrons. The van der Waals surface area contributed by atoms with E-state index < -0.39 is 53.8 Å². The molecule has 0 bridgehead atoms. The molecule has 0 spiro atoms. The van der Waals surface area contributed by atoms with Gasteiger partial charge in [-0.1, -0.05) is 91.0 Å². The van der Waals surface area contributed by atoms with Crippen LogP contribution in [0.3, 0.4) is 0 Å². The van der Waals surface area contributed by atoms with Crippen LogP contribution in [0.2, 0.25) is 0 Å². The predicted molar refractivity (Wildman–Crippen MR) is 227 cm³/mol. The average Bonchev–Trinajstić information content (AvgIpc) is 3.20. The minimum Gasteiger partial charge on any atom is -0.508 e. The van der Waals surface area contributed by atoms with Crippen LogP contribution >= 0.6 is 0 Å². The average molecular weight is 824 g/mol. The van der Waals surface area contributed by atoms with E-state index in [0.717, 1.165) is 22.3 Å². The molecule has 14 nitrogen and oxygen atoms in total. The van der Waals surface area contributed by atoms with Gasteiger partial charge in [-0.15, -0.1) is 0 Å². The van der Waals surface area contributed by atoms with Crippen LogP contribution in [0.15, 0.2) is 103 Å². The minimum absolute atomic E-state index is 0.0178. The summed E-state index contributed by atoms with van der Waals surface area (Å²) in [5.74, 6) is -1.15. The van der Waals surface area contributed by atoms with Crippen molar-refractivity contribution in [1.29, 1.82) is 0 Å². The summed E-state index contributed by atoms with van der Waals surface area (Å²) in [6.07, 6.45) is -1.40.